The molecule has 0 aromatic heterocycles. The normalized spacial score (nSPS) is 11.6. The van der Waals surface area contributed by atoms with Crippen LogP contribution in [0.1, 0.15) is 47.8 Å². The number of benzene rings is 1. The Kier molecular flexibility index (Phi) is 4.10. The van der Waals surface area contributed by atoms with Crippen LogP contribution in [0.4, 0.5) is 0 Å². The Bertz CT molecular complexity index is 425. The molecule has 0 atom stereocenters. The van der Waals surface area contributed by atoms with Gasteiger partial charge in [0.25, 0.3) is 0 Å². The van der Waals surface area contributed by atoms with Gasteiger partial charge in [-0.1, -0.05) is 6.07 Å². The van der Waals surface area contributed by atoms with Crippen LogP contribution in [0, 0.1) is 20.8 Å². The van der Waals surface area contributed by atoms with E-state index in [-0.39, 0.29) is 18.0 Å². The molecule has 0 saturated heterocycles. The monoisotopic (exact) mass is 234 g/mol. The second kappa shape index (κ2) is 5.01. The molecule has 1 aromatic rings. The highest BCUT2D eigenvalue weighted by molar-refractivity contribution is 5.98. The van der Waals surface area contributed by atoms with E-state index in [2.05, 4.69) is 13.0 Å². The molecule has 0 aliphatic carbocycles. The highest BCUT2D eigenvalue weighted by Crippen LogP contribution is 2.17. The van der Waals surface area contributed by atoms with Crippen LogP contribution in [0.25, 0.3) is 0 Å². The molecule has 0 N–H and O–H groups in total. The van der Waals surface area contributed by atoms with Gasteiger partial charge in [0.1, 0.15) is 6.61 Å². The molecular formula is C15H22O2. The fourth-order valence-electron chi connectivity index (χ4n) is 1.62. The zero-order valence-electron chi connectivity index (χ0n) is 11.7. The van der Waals surface area contributed by atoms with E-state index in [0.717, 1.165) is 16.7 Å². The topological polar surface area (TPSA) is 26.3 Å². The Hall–Kier alpha value is -1.15. The third-order valence-corrected chi connectivity index (χ3v) is 2.78. The summed E-state index contributed by atoms with van der Waals surface area (Å²) >= 11 is 0. The van der Waals surface area contributed by atoms with Crippen molar-refractivity contribution in [1.29, 1.82) is 0 Å². The van der Waals surface area contributed by atoms with Gasteiger partial charge in [0, 0.05) is 5.56 Å². The largest absolute Gasteiger partial charge is 0.368 e. The van der Waals surface area contributed by atoms with Gasteiger partial charge < -0.3 is 4.74 Å². The number of hydrogen-bond acceptors (Lipinski definition) is 2. The Balaban J connectivity index is 2.86. The molecule has 0 bridgehead atoms. The first-order valence-electron chi connectivity index (χ1n) is 5.96. The molecule has 0 aliphatic heterocycles. The summed E-state index contributed by atoms with van der Waals surface area (Å²) in [7, 11) is 0. The van der Waals surface area contributed by atoms with Gasteiger partial charge >= 0.3 is 0 Å². The summed E-state index contributed by atoms with van der Waals surface area (Å²) < 4.78 is 5.52. The number of ketones is 1. The first-order valence-corrected chi connectivity index (χ1v) is 5.96. The van der Waals surface area contributed by atoms with E-state index in [4.69, 9.17) is 4.74 Å². The standard InChI is InChI=1S/C15H22O2/c1-10-7-12(3)13(8-11(10)2)14(16)9-17-15(4,5)6/h7-8H,9H2,1-6H3. The van der Waals surface area contributed by atoms with Crippen LogP contribution in [0.15, 0.2) is 12.1 Å². The molecule has 0 radical (unpaired) electrons. The number of aryl methyl sites for hydroxylation is 3. The lowest BCUT2D eigenvalue weighted by Gasteiger charge is -2.19. The van der Waals surface area contributed by atoms with E-state index in [0.29, 0.717) is 0 Å². The summed E-state index contributed by atoms with van der Waals surface area (Å²) in [6.45, 7) is 12.1. The molecule has 0 saturated carbocycles. The third-order valence-electron chi connectivity index (χ3n) is 2.78. The van der Waals surface area contributed by atoms with Crippen LogP contribution in [0.2, 0.25) is 0 Å². The Morgan fingerprint density at radius 1 is 1.06 bits per heavy atom. The van der Waals surface area contributed by atoms with E-state index in [9.17, 15) is 4.79 Å². The van der Waals surface area contributed by atoms with Crippen molar-refractivity contribution in [3.63, 3.8) is 0 Å². The number of carbonyl (C=O) groups is 1. The van der Waals surface area contributed by atoms with Crippen molar-refractivity contribution >= 4 is 5.78 Å². The smallest absolute Gasteiger partial charge is 0.188 e. The molecule has 1 rings (SSSR count). The van der Waals surface area contributed by atoms with Crippen LogP contribution < -0.4 is 0 Å². The maximum atomic E-state index is 12.1. The molecule has 17 heavy (non-hydrogen) atoms. The van der Waals surface area contributed by atoms with Gasteiger partial charge in [-0.15, -0.1) is 0 Å². The van der Waals surface area contributed by atoms with Gasteiger partial charge in [-0.25, -0.2) is 0 Å². The summed E-state index contributed by atoms with van der Waals surface area (Å²) in [5.74, 6) is 0.0560. The fraction of sp³-hybridized carbons (Fsp3) is 0.533. The van der Waals surface area contributed by atoms with Crippen molar-refractivity contribution in [2.24, 2.45) is 0 Å². The van der Waals surface area contributed by atoms with Gasteiger partial charge in [0.15, 0.2) is 5.78 Å². The average molecular weight is 234 g/mol. The zero-order chi connectivity index (χ0) is 13.2. The molecule has 2 heteroatoms. The summed E-state index contributed by atoms with van der Waals surface area (Å²) in [6.07, 6.45) is 0. The molecule has 0 spiro atoms. The molecule has 0 unspecified atom stereocenters. The first-order chi connectivity index (χ1) is 7.70. The fourth-order valence-corrected chi connectivity index (χ4v) is 1.62. The van der Waals surface area contributed by atoms with Gasteiger partial charge in [0.2, 0.25) is 0 Å². The van der Waals surface area contributed by atoms with Crippen molar-refractivity contribution in [1.82, 2.24) is 0 Å². The SMILES string of the molecule is Cc1cc(C)c(C(=O)COC(C)(C)C)cc1C. The summed E-state index contributed by atoms with van der Waals surface area (Å²) in [4.78, 5) is 12.1. The van der Waals surface area contributed by atoms with E-state index in [1.807, 2.05) is 40.7 Å². The molecule has 0 heterocycles. The molecule has 0 amide bonds. The maximum absolute atomic E-state index is 12.1. The highest BCUT2D eigenvalue weighted by Gasteiger charge is 2.16. The van der Waals surface area contributed by atoms with E-state index >= 15 is 0 Å². The lowest BCUT2D eigenvalue weighted by atomic mass is 9.98. The number of ether oxygens (including phenoxy) is 1. The Labute approximate surface area is 104 Å². The second-order valence-electron chi connectivity index (χ2n) is 5.58. The minimum atomic E-state index is -0.274. The van der Waals surface area contributed by atoms with E-state index in [1.54, 1.807) is 0 Å². The summed E-state index contributed by atoms with van der Waals surface area (Å²) in [6, 6.07) is 4.01. The minimum absolute atomic E-state index is 0.0560. The van der Waals surface area contributed by atoms with Crippen LogP contribution in [0.5, 0.6) is 0 Å². The molecule has 0 fully saturated rings. The number of Topliss-reactive ketones (excluding diaryl/α,β-unsaturated/α-hetero) is 1. The van der Waals surface area contributed by atoms with Crippen molar-refractivity contribution in [3.05, 3.63) is 34.4 Å². The first kappa shape index (κ1) is 13.9. The third kappa shape index (κ3) is 3.97. The Morgan fingerprint density at radius 2 is 1.59 bits per heavy atom. The van der Waals surface area contributed by atoms with Crippen molar-refractivity contribution in [3.8, 4) is 0 Å². The van der Waals surface area contributed by atoms with Crippen LogP contribution in [-0.2, 0) is 4.74 Å². The zero-order valence-corrected chi connectivity index (χ0v) is 11.7. The summed E-state index contributed by atoms with van der Waals surface area (Å²) in [5.41, 5.74) is 3.89. The van der Waals surface area contributed by atoms with Gasteiger partial charge in [-0.05, 0) is 64.3 Å². The molecule has 94 valence electrons. The van der Waals surface area contributed by atoms with Crippen molar-refractivity contribution in [2.75, 3.05) is 6.61 Å². The van der Waals surface area contributed by atoms with Crippen molar-refractivity contribution in [2.45, 2.75) is 47.1 Å². The molecule has 1 aromatic carbocycles. The minimum Gasteiger partial charge on any atom is -0.368 e. The lowest BCUT2D eigenvalue weighted by Crippen LogP contribution is -2.24. The van der Waals surface area contributed by atoms with Gasteiger partial charge in [0.05, 0.1) is 5.60 Å². The van der Waals surface area contributed by atoms with Gasteiger partial charge in [-0.2, -0.15) is 0 Å². The van der Waals surface area contributed by atoms with Crippen molar-refractivity contribution < 1.29 is 9.53 Å². The van der Waals surface area contributed by atoms with E-state index < -0.39 is 0 Å². The Morgan fingerprint density at radius 3 is 2.12 bits per heavy atom. The quantitative estimate of drug-likeness (QED) is 0.747. The highest BCUT2D eigenvalue weighted by atomic mass is 16.5. The molecule has 0 aliphatic rings. The predicted molar refractivity (Wildman–Crippen MR) is 70.7 cm³/mol. The second-order valence-corrected chi connectivity index (χ2v) is 5.58. The van der Waals surface area contributed by atoms with Crippen LogP contribution >= 0.6 is 0 Å². The lowest BCUT2D eigenvalue weighted by molar-refractivity contribution is 0.00303. The predicted octanol–water partition coefficient (Wildman–Crippen LogP) is 3.61. The summed E-state index contributed by atoms with van der Waals surface area (Å²) in [5, 5.41) is 0. The van der Waals surface area contributed by atoms with Gasteiger partial charge in [-0.3, -0.25) is 4.79 Å². The van der Waals surface area contributed by atoms with E-state index in [1.165, 1.54) is 5.56 Å². The molecular weight excluding hydrogens is 212 g/mol. The number of hydrogen-bond donors (Lipinski definition) is 0. The number of rotatable bonds is 3. The maximum Gasteiger partial charge on any atom is 0.188 e. The van der Waals surface area contributed by atoms with Crippen LogP contribution in [-0.4, -0.2) is 18.0 Å². The van der Waals surface area contributed by atoms with Crippen LogP contribution in [0.3, 0.4) is 0 Å². The average Bonchev–Trinajstić information content (AvgIpc) is 2.19. The molecule has 2 nitrogen and oxygen atoms in total. The number of carbonyl (C=O) groups excluding carboxylic acids is 1.